The van der Waals surface area contributed by atoms with Gasteiger partial charge in [0, 0.05) is 13.0 Å². The number of rotatable bonds is 4. The number of carbonyl (C=O) groups is 1. The molecule has 1 aromatic carbocycles. The summed E-state index contributed by atoms with van der Waals surface area (Å²) in [5.74, 6) is 1.69. The minimum atomic E-state index is -0.0335. The summed E-state index contributed by atoms with van der Waals surface area (Å²) in [4.78, 5) is 11.3. The van der Waals surface area contributed by atoms with E-state index >= 15 is 0 Å². The zero-order valence-corrected chi connectivity index (χ0v) is 10.7. The maximum absolute atomic E-state index is 11.3. The van der Waals surface area contributed by atoms with Crippen LogP contribution in [0.2, 0.25) is 5.02 Å². The lowest BCUT2D eigenvalue weighted by Crippen LogP contribution is -2.22. The first-order valence-corrected chi connectivity index (χ1v) is 6.17. The highest BCUT2D eigenvalue weighted by atomic mass is 35.5. The van der Waals surface area contributed by atoms with Crippen LogP contribution in [0.3, 0.4) is 0 Å². The van der Waals surface area contributed by atoms with E-state index in [2.05, 4.69) is 17.9 Å². The van der Waals surface area contributed by atoms with E-state index in [-0.39, 0.29) is 12.7 Å². The van der Waals surface area contributed by atoms with Crippen LogP contribution in [-0.4, -0.2) is 18.5 Å². The van der Waals surface area contributed by atoms with Gasteiger partial charge in [-0.3, -0.25) is 4.79 Å². The summed E-state index contributed by atoms with van der Waals surface area (Å²) in [6.45, 7) is 0.605. The van der Waals surface area contributed by atoms with Crippen LogP contribution in [0.15, 0.2) is 12.1 Å². The predicted octanol–water partition coefficient (Wildman–Crippen LogP) is 2.00. The maximum Gasteiger partial charge on any atom is 0.231 e. The topological polar surface area (TPSA) is 47.6 Å². The quantitative estimate of drug-likeness (QED) is 0.825. The molecule has 0 saturated heterocycles. The molecule has 1 aromatic rings. The molecule has 17 heavy (non-hydrogen) atoms. The van der Waals surface area contributed by atoms with Gasteiger partial charge in [-0.05, 0) is 23.4 Å². The first kappa shape index (κ1) is 12.4. The zero-order valence-electron chi connectivity index (χ0n) is 9.03. The van der Waals surface area contributed by atoms with Crippen LogP contribution >= 0.6 is 24.2 Å². The number of nitrogens with one attached hydrogen (secondary N) is 1. The fraction of sp³-hybridized carbons (Fsp3) is 0.364. The molecule has 92 valence electrons. The second-order valence-corrected chi connectivity index (χ2v) is 4.42. The van der Waals surface area contributed by atoms with E-state index in [1.807, 2.05) is 6.07 Å². The molecular formula is C11H12ClNO3S. The number of hydrogen-bond acceptors (Lipinski definition) is 4. The van der Waals surface area contributed by atoms with Crippen LogP contribution in [0, 0.1) is 0 Å². The van der Waals surface area contributed by atoms with Crippen LogP contribution in [0.25, 0.3) is 0 Å². The number of hydrogen-bond donors (Lipinski definition) is 2. The molecule has 1 amide bonds. The second kappa shape index (κ2) is 5.51. The lowest BCUT2D eigenvalue weighted by molar-refractivity contribution is -0.120. The van der Waals surface area contributed by atoms with Gasteiger partial charge in [0.1, 0.15) is 0 Å². The van der Waals surface area contributed by atoms with Crippen molar-refractivity contribution in [3.05, 3.63) is 22.7 Å². The Bertz CT molecular complexity index is 439. The smallest absolute Gasteiger partial charge is 0.231 e. The molecule has 0 aliphatic carbocycles. The minimum Gasteiger partial charge on any atom is -0.454 e. The largest absolute Gasteiger partial charge is 0.454 e. The van der Waals surface area contributed by atoms with E-state index in [9.17, 15) is 4.79 Å². The first-order chi connectivity index (χ1) is 8.20. The summed E-state index contributed by atoms with van der Waals surface area (Å²) in [5.41, 5.74) is 0.881. The van der Waals surface area contributed by atoms with Crippen molar-refractivity contribution in [2.75, 3.05) is 12.5 Å². The molecule has 0 radical (unpaired) electrons. The van der Waals surface area contributed by atoms with E-state index in [0.29, 0.717) is 35.2 Å². The Labute approximate surface area is 110 Å². The van der Waals surface area contributed by atoms with Crippen LogP contribution in [0.4, 0.5) is 0 Å². The van der Waals surface area contributed by atoms with Gasteiger partial charge in [-0.15, -0.1) is 0 Å². The molecule has 0 unspecified atom stereocenters. The lowest BCUT2D eigenvalue weighted by Gasteiger charge is -2.06. The number of benzene rings is 1. The van der Waals surface area contributed by atoms with Crippen molar-refractivity contribution < 1.29 is 14.3 Å². The van der Waals surface area contributed by atoms with Crippen LogP contribution < -0.4 is 14.8 Å². The molecule has 0 fully saturated rings. The number of fused-ring (bicyclic) bond motifs is 1. The highest BCUT2D eigenvalue weighted by molar-refractivity contribution is 7.80. The van der Waals surface area contributed by atoms with Gasteiger partial charge in [-0.1, -0.05) is 11.6 Å². The number of amides is 1. The first-order valence-electron chi connectivity index (χ1n) is 5.16. The molecule has 0 aromatic heterocycles. The van der Waals surface area contributed by atoms with E-state index in [4.69, 9.17) is 21.1 Å². The highest BCUT2D eigenvalue weighted by Crippen LogP contribution is 2.39. The Morgan fingerprint density at radius 3 is 3.06 bits per heavy atom. The molecule has 2 rings (SSSR count). The van der Waals surface area contributed by atoms with Crippen LogP contribution in [0.5, 0.6) is 11.5 Å². The summed E-state index contributed by atoms with van der Waals surface area (Å²) in [6, 6.07) is 3.57. The standard InChI is InChI=1S/C11H12ClNO3S/c12-8-3-7(5-13-10(14)1-2-17)4-9-11(8)16-6-15-9/h3-4,17H,1-2,5-6H2,(H,13,14). The highest BCUT2D eigenvalue weighted by Gasteiger charge is 2.18. The van der Waals surface area contributed by atoms with Gasteiger partial charge < -0.3 is 14.8 Å². The Hall–Kier alpha value is -1.07. The van der Waals surface area contributed by atoms with Crippen molar-refractivity contribution in [1.82, 2.24) is 5.32 Å². The Morgan fingerprint density at radius 1 is 1.47 bits per heavy atom. The molecule has 1 heterocycles. The molecule has 1 aliphatic heterocycles. The van der Waals surface area contributed by atoms with Crippen LogP contribution in [0.1, 0.15) is 12.0 Å². The predicted molar refractivity (Wildman–Crippen MR) is 67.9 cm³/mol. The van der Waals surface area contributed by atoms with Crippen molar-refractivity contribution in [3.8, 4) is 11.5 Å². The molecule has 6 heteroatoms. The Kier molecular flexibility index (Phi) is 4.02. The van der Waals surface area contributed by atoms with E-state index in [1.165, 1.54) is 0 Å². The second-order valence-electron chi connectivity index (χ2n) is 3.56. The number of ether oxygens (including phenoxy) is 2. The summed E-state index contributed by atoms with van der Waals surface area (Å²) < 4.78 is 10.4. The monoisotopic (exact) mass is 273 g/mol. The molecular weight excluding hydrogens is 262 g/mol. The summed E-state index contributed by atoms with van der Waals surface area (Å²) in [6.07, 6.45) is 0.404. The molecule has 0 bridgehead atoms. The van der Waals surface area contributed by atoms with Gasteiger partial charge in [0.25, 0.3) is 0 Å². The van der Waals surface area contributed by atoms with Crippen molar-refractivity contribution in [1.29, 1.82) is 0 Å². The number of carbonyl (C=O) groups excluding carboxylic acids is 1. The number of halogens is 1. The van der Waals surface area contributed by atoms with Gasteiger partial charge >= 0.3 is 0 Å². The summed E-state index contributed by atoms with van der Waals surface area (Å²) in [5, 5.41) is 3.27. The zero-order chi connectivity index (χ0) is 12.3. The maximum atomic E-state index is 11.3. The third kappa shape index (κ3) is 2.98. The van der Waals surface area contributed by atoms with E-state index < -0.39 is 0 Å². The molecule has 0 atom stereocenters. The fourth-order valence-electron chi connectivity index (χ4n) is 1.51. The van der Waals surface area contributed by atoms with Gasteiger partial charge in [0.2, 0.25) is 12.7 Å². The molecule has 4 nitrogen and oxygen atoms in total. The fourth-order valence-corrected chi connectivity index (χ4v) is 2.00. The summed E-state index contributed by atoms with van der Waals surface area (Å²) >= 11 is 10.0. The Morgan fingerprint density at radius 2 is 2.29 bits per heavy atom. The third-order valence-corrected chi connectivity index (χ3v) is 2.82. The lowest BCUT2D eigenvalue weighted by atomic mass is 10.2. The van der Waals surface area contributed by atoms with Crippen molar-refractivity contribution in [3.63, 3.8) is 0 Å². The van der Waals surface area contributed by atoms with Crippen molar-refractivity contribution >= 4 is 30.1 Å². The van der Waals surface area contributed by atoms with Crippen molar-refractivity contribution in [2.24, 2.45) is 0 Å². The summed E-state index contributed by atoms with van der Waals surface area (Å²) in [7, 11) is 0. The minimum absolute atomic E-state index is 0.0335. The average molecular weight is 274 g/mol. The Balaban J connectivity index is 2.02. The SMILES string of the molecule is O=C(CCS)NCc1cc(Cl)c2c(c1)OCO2. The van der Waals surface area contributed by atoms with Gasteiger partial charge in [0.05, 0.1) is 5.02 Å². The van der Waals surface area contributed by atoms with Gasteiger partial charge in [0.15, 0.2) is 11.5 Å². The van der Waals surface area contributed by atoms with Crippen LogP contribution in [-0.2, 0) is 11.3 Å². The normalized spacial score (nSPS) is 12.6. The molecule has 0 saturated carbocycles. The molecule has 1 N–H and O–H groups in total. The van der Waals surface area contributed by atoms with Crippen molar-refractivity contribution in [2.45, 2.75) is 13.0 Å². The van der Waals surface area contributed by atoms with Gasteiger partial charge in [-0.2, -0.15) is 12.6 Å². The molecule has 1 aliphatic rings. The van der Waals surface area contributed by atoms with E-state index in [0.717, 1.165) is 5.56 Å². The number of thiol groups is 1. The average Bonchev–Trinajstić information content (AvgIpc) is 2.75. The third-order valence-electron chi connectivity index (χ3n) is 2.32. The molecule has 0 spiro atoms. The van der Waals surface area contributed by atoms with E-state index in [1.54, 1.807) is 6.07 Å². The van der Waals surface area contributed by atoms with Gasteiger partial charge in [-0.25, -0.2) is 0 Å².